The van der Waals surface area contributed by atoms with Crippen LogP contribution >= 0.6 is 58.2 Å². The molecule has 39 heavy (non-hydrogen) atoms. The first-order valence-electron chi connectivity index (χ1n) is 11.7. The third kappa shape index (κ3) is 6.32. The molecule has 0 bridgehead atoms. The number of hydrogen-bond acceptors (Lipinski definition) is 5. The molecule has 0 unspecified atom stereocenters. The van der Waals surface area contributed by atoms with Crippen LogP contribution in [0.5, 0.6) is 11.5 Å². The van der Waals surface area contributed by atoms with Gasteiger partial charge in [-0.1, -0.05) is 88.9 Å². The highest BCUT2D eigenvalue weighted by Crippen LogP contribution is 2.38. The zero-order valence-electron chi connectivity index (χ0n) is 20.1. The van der Waals surface area contributed by atoms with Gasteiger partial charge in [0.2, 0.25) is 0 Å². The molecule has 0 saturated carbocycles. The summed E-state index contributed by atoms with van der Waals surface area (Å²) in [5.74, 6) is 0.584. The average molecular weight is 619 g/mol. The van der Waals surface area contributed by atoms with E-state index in [-0.39, 0.29) is 39.9 Å². The van der Waals surface area contributed by atoms with Gasteiger partial charge in [0.1, 0.15) is 19.0 Å². The van der Waals surface area contributed by atoms with E-state index in [9.17, 15) is 9.59 Å². The first-order chi connectivity index (χ1) is 18.8. The smallest absolute Gasteiger partial charge is 0.293 e. The summed E-state index contributed by atoms with van der Waals surface area (Å²) in [4.78, 5) is 27.0. The SMILES string of the molecule is O=C1S/C(=C\c2cc(Cl)c(OCc3ccc(Cl)c(Cl)c3)c(Cl)c2)C(=O)N1CCOc1cccc2ccccc12. The first-order valence-corrected chi connectivity index (χ1v) is 14.0. The minimum atomic E-state index is -0.404. The number of carbonyl (C=O) groups is 2. The third-order valence-electron chi connectivity index (χ3n) is 5.88. The van der Waals surface area contributed by atoms with Crippen molar-refractivity contribution < 1.29 is 19.1 Å². The monoisotopic (exact) mass is 617 g/mol. The number of imide groups is 1. The van der Waals surface area contributed by atoms with Crippen molar-refractivity contribution in [2.45, 2.75) is 6.61 Å². The van der Waals surface area contributed by atoms with Crippen LogP contribution in [0.2, 0.25) is 20.1 Å². The second-order valence-corrected chi connectivity index (χ2v) is 11.1. The molecule has 0 N–H and O–H groups in total. The Labute approximate surface area is 249 Å². The van der Waals surface area contributed by atoms with Crippen LogP contribution in [0.1, 0.15) is 11.1 Å². The van der Waals surface area contributed by atoms with Crippen LogP contribution in [0, 0.1) is 0 Å². The van der Waals surface area contributed by atoms with Gasteiger partial charge < -0.3 is 9.47 Å². The Morgan fingerprint density at radius 1 is 0.795 bits per heavy atom. The Kier molecular flexibility index (Phi) is 8.60. The van der Waals surface area contributed by atoms with Crippen molar-refractivity contribution in [3.8, 4) is 11.5 Å². The molecule has 1 heterocycles. The summed E-state index contributed by atoms with van der Waals surface area (Å²) >= 11 is 25.7. The van der Waals surface area contributed by atoms with E-state index in [4.69, 9.17) is 55.9 Å². The molecular weight excluding hydrogens is 600 g/mol. The lowest BCUT2D eigenvalue weighted by Crippen LogP contribution is -2.32. The molecule has 0 radical (unpaired) electrons. The van der Waals surface area contributed by atoms with E-state index in [2.05, 4.69) is 0 Å². The van der Waals surface area contributed by atoms with Crippen LogP contribution in [-0.4, -0.2) is 29.2 Å². The summed E-state index contributed by atoms with van der Waals surface area (Å²) in [7, 11) is 0. The molecule has 1 aliphatic rings. The Morgan fingerprint density at radius 2 is 1.54 bits per heavy atom. The molecule has 5 rings (SSSR count). The zero-order valence-corrected chi connectivity index (χ0v) is 24.0. The molecule has 5 nitrogen and oxygen atoms in total. The van der Waals surface area contributed by atoms with Gasteiger partial charge in [-0.2, -0.15) is 0 Å². The lowest BCUT2D eigenvalue weighted by molar-refractivity contribution is -0.123. The number of ether oxygens (including phenoxy) is 2. The standard InChI is InChI=1S/C29H19Cl4NO4S/c30-21-9-8-17(12-22(21)31)16-38-27-23(32)13-18(14-24(27)33)15-26-28(35)34(29(36)39-26)10-11-37-25-7-3-5-19-4-1-2-6-20(19)25/h1-9,12-15H,10-11,16H2/b26-15-. The Morgan fingerprint density at radius 3 is 2.31 bits per heavy atom. The molecule has 198 valence electrons. The maximum atomic E-state index is 13.0. The van der Waals surface area contributed by atoms with E-state index in [0.717, 1.165) is 28.1 Å². The number of halogens is 4. The number of rotatable bonds is 8. The van der Waals surface area contributed by atoms with Gasteiger partial charge in [0.25, 0.3) is 11.1 Å². The van der Waals surface area contributed by atoms with Gasteiger partial charge in [-0.3, -0.25) is 14.5 Å². The van der Waals surface area contributed by atoms with Crippen LogP contribution in [-0.2, 0) is 11.4 Å². The van der Waals surface area contributed by atoms with Crippen LogP contribution in [0.4, 0.5) is 4.79 Å². The largest absolute Gasteiger partial charge is 0.491 e. The predicted molar refractivity (Wildman–Crippen MR) is 159 cm³/mol. The molecule has 0 aromatic heterocycles. The average Bonchev–Trinajstić information content (AvgIpc) is 3.17. The number of thioether (sulfide) groups is 1. The van der Waals surface area contributed by atoms with Crippen LogP contribution < -0.4 is 9.47 Å². The zero-order chi connectivity index (χ0) is 27.5. The molecule has 1 fully saturated rings. The fourth-order valence-electron chi connectivity index (χ4n) is 4.00. The Hall–Kier alpha value is -2.87. The highest BCUT2D eigenvalue weighted by Gasteiger charge is 2.35. The van der Waals surface area contributed by atoms with Gasteiger partial charge in [-0.25, -0.2) is 0 Å². The van der Waals surface area contributed by atoms with Crippen molar-refractivity contribution in [2.24, 2.45) is 0 Å². The molecule has 4 aromatic carbocycles. The summed E-state index contributed by atoms with van der Waals surface area (Å²) in [6.45, 7) is 0.464. The number of fused-ring (bicyclic) bond motifs is 1. The van der Waals surface area contributed by atoms with Crippen molar-refractivity contribution >= 4 is 86.2 Å². The topological polar surface area (TPSA) is 55.8 Å². The Balaban J connectivity index is 1.24. The van der Waals surface area contributed by atoms with Gasteiger partial charge in [0.05, 0.1) is 31.5 Å². The number of hydrogen-bond donors (Lipinski definition) is 0. The lowest BCUT2D eigenvalue weighted by atomic mass is 10.1. The highest BCUT2D eigenvalue weighted by atomic mass is 35.5. The highest BCUT2D eigenvalue weighted by molar-refractivity contribution is 8.18. The number of amides is 2. The number of carbonyl (C=O) groups excluding carboxylic acids is 2. The van der Waals surface area contributed by atoms with Crippen LogP contribution in [0.3, 0.4) is 0 Å². The molecule has 10 heteroatoms. The Bertz CT molecular complexity index is 1600. The van der Waals surface area contributed by atoms with Gasteiger partial charge in [0, 0.05) is 5.39 Å². The van der Waals surface area contributed by atoms with Crippen molar-refractivity contribution in [2.75, 3.05) is 13.2 Å². The third-order valence-corrected chi connectivity index (χ3v) is 8.09. The molecule has 0 aliphatic carbocycles. The van der Waals surface area contributed by atoms with Crippen LogP contribution in [0.25, 0.3) is 16.8 Å². The van der Waals surface area contributed by atoms with E-state index in [1.807, 2.05) is 42.5 Å². The lowest BCUT2D eigenvalue weighted by Gasteiger charge is -2.14. The van der Waals surface area contributed by atoms with E-state index in [0.29, 0.717) is 27.1 Å². The predicted octanol–water partition coefficient (Wildman–Crippen LogP) is 9.15. The van der Waals surface area contributed by atoms with Gasteiger partial charge in [0.15, 0.2) is 5.75 Å². The summed E-state index contributed by atoms with van der Waals surface area (Å²) in [5.41, 5.74) is 1.35. The second-order valence-electron chi connectivity index (χ2n) is 8.51. The second kappa shape index (κ2) is 12.1. The maximum absolute atomic E-state index is 13.0. The van der Waals surface area contributed by atoms with Crippen molar-refractivity contribution in [1.82, 2.24) is 4.90 Å². The van der Waals surface area contributed by atoms with E-state index >= 15 is 0 Å². The van der Waals surface area contributed by atoms with Gasteiger partial charge in [-0.15, -0.1) is 0 Å². The van der Waals surface area contributed by atoms with Crippen molar-refractivity contribution in [1.29, 1.82) is 0 Å². The minimum absolute atomic E-state index is 0.119. The van der Waals surface area contributed by atoms with Crippen molar-refractivity contribution in [3.05, 3.63) is 109 Å². The number of benzene rings is 4. The molecule has 1 saturated heterocycles. The van der Waals surface area contributed by atoms with Crippen molar-refractivity contribution in [3.63, 3.8) is 0 Å². The van der Waals surface area contributed by atoms with Crippen LogP contribution in [0.15, 0.2) is 77.7 Å². The molecule has 2 amide bonds. The minimum Gasteiger partial charge on any atom is -0.491 e. The summed E-state index contributed by atoms with van der Waals surface area (Å²) in [5, 5.41) is 3.03. The maximum Gasteiger partial charge on any atom is 0.293 e. The fraction of sp³-hybridized carbons (Fsp3) is 0.103. The first kappa shape index (κ1) is 27.7. The van der Waals surface area contributed by atoms with Gasteiger partial charge >= 0.3 is 0 Å². The molecular formula is C29H19Cl4NO4S. The quantitative estimate of drug-likeness (QED) is 0.184. The normalized spacial score (nSPS) is 14.5. The summed E-state index contributed by atoms with van der Waals surface area (Å²) < 4.78 is 11.7. The molecule has 0 spiro atoms. The molecule has 4 aromatic rings. The van der Waals surface area contributed by atoms with E-state index < -0.39 is 5.91 Å². The summed E-state index contributed by atoms with van der Waals surface area (Å²) in [6.07, 6.45) is 1.58. The van der Waals surface area contributed by atoms with Gasteiger partial charge in [-0.05, 0) is 64.7 Å². The van der Waals surface area contributed by atoms with E-state index in [1.54, 1.807) is 36.4 Å². The van der Waals surface area contributed by atoms with E-state index in [1.165, 1.54) is 4.90 Å². The fourth-order valence-corrected chi connectivity index (χ4v) is 5.80. The molecule has 1 aliphatic heterocycles. The summed E-state index contributed by atoms with van der Waals surface area (Å²) in [6, 6.07) is 22.0. The molecule has 0 atom stereocenters. The number of nitrogens with zero attached hydrogens (tertiary/aromatic N) is 1.